The van der Waals surface area contributed by atoms with Crippen LogP contribution in [-0.4, -0.2) is 20.8 Å². The van der Waals surface area contributed by atoms with Crippen LogP contribution >= 0.6 is 11.6 Å². The van der Waals surface area contributed by atoms with E-state index in [-0.39, 0.29) is 12.3 Å². The van der Waals surface area contributed by atoms with Gasteiger partial charge in [0.15, 0.2) is 5.69 Å². The van der Waals surface area contributed by atoms with E-state index < -0.39 is 11.7 Å². The molecule has 9 heteroatoms. The molecule has 0 aliphatic rings. The Labute approximate surface area is 207 Å². The fourth-order valence-electron chi connectivity index (χ4n) is 3.87. The lowest BCUT2D eigenvalue weighted by molar-refractivity contribution is 0.101. The quantitative estimate of drug-likeness (QED) is 0.335. The van der Waals surface area contributed by atoms with Gasteiger partial charge >= 0.3 is 0 Å². The lowest BCUT2D eigenvalue weighted by atomic mass is 10.1. The minimum Gasteiger partial charge on any atom is -0.488 e. The number of anilines is 1. The van der Waals surface area contributed by atoms with E-state index in [0.717, 1.165) is 28.1 Å². The van der Waals surface area contributed by atoms with Gasteiger partial charge in [0.25, 0.3) is 5.91 Å². The third-order valence-corrected chi connectivity index (χ3v) is 6.21. The Morgan fingerprint density at radius 2 is 1.91 bits per heavy atom. The van der Waals surface area contributed by atoms with E-state index in [1.807, 2.05) is 39.0 Å². The van der Waals surface area contributed by atoms with Crippen molar-refractivity contribution in [2.24, 2.45) is 0 Å². The SMILES string of the molecule is Cc1ccc(OCc2c(C(=O)Nc3c(C)nn(Cc4ccc(F)cc4Cl)c3C)noc2C)c(C)c1. The van der Waals surface area contributed by atoms with E-state index >= 15 is 0 Å². The molecule has 2 aromatic heterocycles. The molecular formula is C26H26ClFN4O3. The highest BCUT2D eigenvalue weighted by Gasteiger charge is 2.23. The number of carbonyl (C=O) groups excluding carboxylic acids is 1. The summed E-state index contributed by atoms with van der Waals surface area (Å²) in [6.45, 7) is 9.84. The van der Waals surface area contributed by atoms with Crippen LogP contribution in [0, 0.1) is 40.4 Å². The highest BCUT2D eigenvalue weighted by Crippen LogP contribution is 2.26. The third kappa shape index (κ3) is 5.22. The van der Waals surface area contributed by atoms with Crippen LogP contribution in [0.5, 0.6) is 5.75 Å². The minimum atomic E-state index is -0.424. The van der Waals surface area contributed by atoms with Gasteiger partial charge in [-0.15, -0.1) is 0 Å². The molecule has 4 rings (SSSR count). The van der Waals surface area contributed by atoms with E-state index in [2.05, 4.69) is 15.6 Å². The summed E-state index contributed by atoms with van der Waals surface area (Å²) in [5.41, 5.74) is 5.51. The maximum atomic E-state index is 13.4. The molecule has 4 aromatic rings. The molecule has 0 fully saturated rings. The third-order valence-electron chi connectivity index (χ3n) is 5.86. The monoisotopic (exact) mass is 496 g/mol. The van der Waals surface area contributed by atoms with Crippen LogP contribution in [0.15, 0.2) is 40.9 Å². The number of amides is 1. The van der Waals surface area contributed by atoms with Crippen molar-refractivity contribution in [2.45, 2.75) is 47.8 Å². The molecule has 1 amide bonds. The first kappa shape index (κ1) is 24.5. The molecule has 1 N–H and O–H groups in total. The summed E-state index contributed by atoms with van der Waals surface area (Å²) in [5.74, 6) is 0.414. The number of carbonyl (C=O) groups is 1. The molecule has 2 heterocycles. The van der Waals surface area contributed by atoms with Crippen molar-refractivity contribution < 1.29 is 18.4 Å². The maximum Gasteiger partial charge on any atom is 0.278 e. The molecule has 0 unspecified atom stereocenters. The number of aryl methyl sites for hydroxylation is 4. The lowest BCUT2D eigenvalue weighted by Gasteiger charge is -2.10. The second-order valence-electron chi connectivity index (χ2n) is 8.52. The smallest absolute Gasteiger partial charge is 0.278 e. The Hall–Kier alpha value is -3.65. The number of ether oxygens (including phenoxy) is 1. The number of benzene rings is 2. The number of nitrogens with one attached hydrogen (secondary N) is 1. The predicted molar refractivity (Wildman–Crippen MR) is 132 cm³/mol. The van der Waals surface area contributed by atoms with Gasteiger partial charge in [-0.05, 0) is 63.9 Å². The van der Waals surface area contributed by atoms with Crippen molar-refractivity contribution in [3.63, 3.8) is 0 Å². The van der Waals surface area contributed by atoms with Crippen molar-refractivity contribution in [1.82, 2.24) is 14.9 Å². The zero-order valence-electron chi connectivity index (χ0n) is 20.2. The number of aromatic nitrogens is 3. The number of rotatable bonds is 7. The predicted octanol–water partition coefficient (Wildman–Crippen LogP) is 6.09. The van der Waals surface area contributed by atoms with E-state index in [1.54, 1.807) is 24.6 Å². The van der Waals surface area contributed by atoms with Crippen LogP contribution in [0.2, 0.25) is 5.02 Å². The molecule has 0 saturated heterocycles. The fourth-order valence-corrected chi connectivity index (χ4v) is 4.09. The second-order valence-corrected chi connectivity index (χ2v) is 8.92. The van der Waals surface area contributed by atoms with Crippen molar-refractivity contribution in [3.8, 4) is 5.75 Å². The van der Waals surface area contributed by atoms with Gasteiger partial charge < -0.3 is 14.6 Å². The van der Waals surface area contributed by atoms with Crippen molar-refractivity contribution in [2.75, 3.05) is 5.32 Å². The molecule has 0 spiro atoms. The van der Waals surface area contributed by atoms with E-state index in [0.29, 0.717) is 34.3 Å². The second kappa shape index (κ2) is 9.92. The normalized spacial score (nSPS) is 11.1. The van der Waals surface area contributed by atoms with Crippen LogP contribution in [0.4, 0.5) is 10.1 Å². The number of hydrogen-bond acceptors (Lipinski definition) is 5. The summed E-state index contributed by atoms with van der Waals surface area (Å²) in [7, 11) is 0. The van der Waals surface area contributed by atoms with Gasteiger partial charge in [-0.2, -0.15) is 5.10 Å². The average Bonchev–Trinajstić information content (AvgIpc) is 3.29. The molecule has 0 aliphatic carbocycles. The standard InChI is InChI=1S/C26H26ClFN4O3/c1-14-6-9-23(15(2)10-14)34-13-21-18(5)35-31-25(21)26(33)29-24-16(3)30-32(17(24)4)12-19-7-8-20(28)11-22(19)27/h6-11H,12-13H2,1-5H3,(H,29,33). The minimum absolute atomic E-state index is 0.141. The summed E-state index contributed by atoms with van der Waals surface area (Å²) >= 11 is 6.17. The molecule has 0 atom stereocenters. The molecule has 0 radical (unpaired) electrons. The Balaban J connectivity index is 1.52. The summed E-state index contributed by atoms with van der Waals surface area (Å²) in [5, 5.41) is 11.7. The molecule has 0 aliphatic heterocycles. The van der Waals surface area contributed by atoms with E-state index in [9.17, 15) is 9.18 Å². The largest absolute Gasteiger partial charge is 0.488 e. The first-order valence-electron chi connectivity index (χ1n) is 11.1. The zero-order valence-corrected chi connectivity index (χ0v) is 21.0. The van der Waals surface area contributed by atoms with Crippen LogP contribution in [0.25, 0.3) is 0 Å². The van der Waals surface area contributed by atoms with Crippen molar-refractivity contribution >= 4 is 23.2 Å². The van der Waals surface area contributed by atoms with Gasteiger partial charge in [-0.3, -0.25) is 9.48 Å². The van der Waals surface area contributed by atoms with Crippen LogP contribution in [0.3, 0.4) is 0 Å². The van der Waals surface area contributed by atoms with Gasteiger partial charge in [-0.25, -0.2) is 4.39 Å². The van der Waals surface area contributed by atoms with Gasteiger partial charge in [0, 0.05) is 5.02 Å². The van der Waals surface area contributed by atoms with Crippen molar-refractivity contribution in [1.29, 1.82) is 0 Å². The van der Waals surface area contributed by atoms with Crippen LogP contribution in [-0.2, 0) is 13.2 Å². The molecule has 2 aromatic carbocycles. The van der Waals surface area contributed by atoms with Crippen LogP contribution < -0.4 is 10.1 Å². The Kier molecular flexibility index (Phi) is 6.93. The Morgan fingerprint density at radius 1 is 1.14 bits per heavy atom. The first-order valence-corrected chi connectivity index (χ1v) is 11.5. The fraction of sp³-hybridized carbons (Fsp3) is 0.269. The topological polar surface area (TPSA) is 82.2 Å². The number of halogens is 2. The van der Waals surface area contributed by atoms with Gasteiger partial charge in [0.2, 0.25) is 0 Å². The van der Waals surface area contributed by atoms with E-state index in [1.165, 1.54) is 12.1 Å². The average molecular weight is 497 g/mol. The molecule has 35 heavy (non-hydrogen) atoms. The first-order chi connectivity index (χ1) is 16.6. The number of hydrogen-bond donors (Lipinski definition) is 1. The summed E-state index contributed by atoms with van der Waals surface area (Å²) in [6, 6.07) is 10.1. The molecule has 0 saturated carbocycles. The van der Waals surface area contributed by atoms with Gasteiger partial charge in [-0.1, -0.05) is 40.5 Å². The molecular weight excluding hydrogens is 471 g/mol. The van der Waals surface area contributed by atoms with E-state index in [4.69, 9.17) is 20.9 Å². The maximum absolute atomic E-state index is 13.4. The van der Waals surface area contributed by atoms with Gasteiger partial charge in [0.05, 0.1) is 29.2 Å². The van der Waals surface area contributed by atoms with Gasteiger partial charge in [0.1, 0.15) is 23.9 Å². The Morgan fingerprint density at radius 3 is 2.63 bits per heavy atom. The highest BCUT2D eigenvalue weighted by atomic mass is 35.5. The highest BCUT2D eigenvalue weighted by molar-refractivity contribution is 6.31. The Bertz CT molecular complexity index is 1410. The summed E-state index contributed by atoms with van der Waals surface area (Å²) < 4.78 is 26.4. The summed E-state index contributed by atoms with van der Waals surface area (Å²) in [6.07, 6.45) is 0. The van der Waals surface area contributed by atoms with Crippen molar-refractivity contribution in [3.05, 3.63) is 92.3 Å². The van der Waals surface area contributed by atoms with Crippen LogP contribution in [0.1, 0.15) is 49.9 Å². The lowest BCUT2D eigenvalue weighted by Crippen LogP contribution is -2.16. The number of nitrogens with zero attached hydrogens (tertiary/aromatic N) is 3. The molecule has 0 bridgehead atoms. The molecule has 182 valence electrons. The zero-order chi connectivity index (χ0) is 25.3. The summed E-state index contributed by atoms with van der Waals surface area (Å²) in [4.78, 5) is 13.1. The molecule has 7 nitrogen and oxygen atoms in total.